The van der Waals surface area contributed by atoms with Crippen LogP contribution in [0.2, 0.25) is 0 Å². The second-order valence-electron chi connectivity index (χ2n) is 5.00. The van der Waals surface area contributed by atoms with E-state index < -0.39 is 0 Å². The number of nitrogens with zero attached hydrogens (tertiary/aromatic N) is 3. The predicted octanol–water partition coefficient (Wildman–Crippen LogP) is 3.00. The Balaban J connectivity index is 2.34. The van der Waals surface area contributed by atoms with Gasteiger partial charge in [-0.05, 0) is 25.0 Å². The molecule has 2 aromatic rings. The molecule has 0 fully saturated rings. The Kier molecular flexibility index (Phi) is 4.50. The van der Waals surface area contributed by atoms with Crippen molar-refractivity contribution in [2.24, 2.45) is 5.92 Å². The van der Waals surface area contributed by atoms with Crippen molar-refractivity contribution in [3.8, 4) is 17.3 Å². The lowest BCUT2D eigenvalue weighted by atomic mass is 10.1. The molecule has 1 N–H and O–H groups in total. The van der Waals surface area contributed by atoms with Gasteiger partial charge in [-0.2, -0.15) is 0 Å². The van der Waals surface area contributed by atoms with Gasteiger partial charge >= 0.3 is 0 Å². The lowest BCUT2D eigenvalue weighted by Crippen LogP contribution is -2.22. The highest BCUT2D eigenvalue weighted by Gasteiger charge is 2.14. The monoisotopic (exact) mass is 272 g/mol. The van der Waals surface area contributed by atoms with Crippen molar-refractivity contribution in [2.75, 3.05) is 12.4 Å². The van der Waals surface area contributed by atoms with Crippen LogP contribution in [0, 0.1) is 5.92 Å². The van der Waals surface area contributed by atoms with Crippen LogP contribution in [-0.4, -0.2) is 28.1 Å². The summed E-state index contributed by atoms with van der Waals surface area (Å²) < 4.78 is 5.31. The minimum absolute atomic E-state index is 0.287. The second-order valence-corrected chi connectivity index (χ2v) is 5.00. The number of ether oxygens (including phenoxy) is 1. The molecule has 5 heteroatoms. The number of anilines is 1. The number of methoxy groups -OCH3 is 1. The number of pyridine rings is 1. The van der Waals surface area contributed by atoms with E-state index in [1.165, 1.54) is 0 Å². The van der Waals surface area contributed by atoms with Crippen LogP contribution in [0.3, 0.4) is 0 Å². The Morgan fingerprint density at radius 1 is 1.15 bits per heavy atom. The molecule has 0 amide bonds. The molecule has 0 saturated carbocycles. The van der Waals surface area contributed by atoms with Crippen LogP contribution >= 0.6 is 0 Å². The van der Waals surface area contributed by atoms with Gasteiger partial charge in [0.2, 0.25) is 0 Å². The van der Waals surface area contributed by atoms with E-state index in [4.69, 9.17) is 4.74 Å². The van der Waals surface area contributed by atoms with E-state index in [9.17, 15) is 0 Å². The van der Waals surface area contributed by atoms with Gasteiger partial charge in [0.1, 0.15) is 5.69 Å². The molecule has 0 bridgehead atoms. The highest BCUT2D eigenvalue weighted by Crippen LogP contribution is 2.25. The first-order valence-corrected chi connectivity index (χ1v) is 6.70. The summed E-state index contributed by atoms with van der Waals surface area (Å²) in [5.41, 5.74) is 0.746. The Hall–Kier alpha value is -2.17. The Morgan fingerprint density at radius 2 is 1.95 bits per heavy atom. The maximum atomic E-state index is 5.31. The van der Waals surface area contributed by atoms with Crippen LogP contribution in [0.4, 0.5) is 5.82 Å². The summed E-state index contributed by atoms with van der Waals surface area (Å²) in [6.07, 6.45) is 3.40. The summed E-state index contributed by atoms with van der Waals surface area (Å²) in [5.74, 6) is 2.42. The van der Waals surface area contributed by atoms with Crippen molar-refractivity contribution in [1.29, 1.82) is 0 Å². The molecule has 1 atom stereocenters. The third-order valence-electron chi connectivity index (χ3n) is 3.23. The van der Waals surface area contributed by atoms with E-state index in [0.717, 1.165) is 5.69 Å². The Morgan fingerprint density at radius 3 is 2.55 bits per heavy atom. The second kappa shape index (κ2) is 6.32. The van der Waals surface area contributed by atoms with Gasteiger partial charge in [-0.3, -0.25) is 4.98 Å². The first kappa shape index (κ1) is 14.2. The normalized spacial score (nSPS) is 12.2. The van der Waals surface area contributed by atoms with Crippen molar-refractivity contribution in [2.45, 2.75) is 26.8 Å². The van der Waals surface area contributed by atoms with Gasteiger partial charge < -0.3 is 10.1 Å². The largest absolute Gasteiger partial charge is 0.491 e. The summed E-state index contributed by atoms with van der Waals surface area (Å²) in [7, 11) is 1.62. The highest BCUT2D eigenvalue weighted by molar-refractivity contribution is 5.57. The Labute approximate surface area is 119 Å². The summed E-state index contributed by atoms with van der Waals surface area (Å²) in [6.45, 7) is 6.43. The molecule has 2 aromatic heterocycles. The number of nitrogens with one attached hydrogen (secondary N) is 1. The zero-order valence-corrected chi connectivity index (χ0v) is 12.3. The van der Waals surface area contributed by atoms with E-state index in [0.29, 0.717) is 23.3 Å². The van der Waals surface area contributed by atoms with E-state index in [2.05, 4.69) is 41.0 Å². The van der Waals surface area contributed by atoms with Crippen LogP contribution in [0.5, 0.6) is 5.75 Å². The third-order valence-corrected chi connectivity index (χ3v) is 3.23. The van der Waals surface area contributed by atoms with Gasteiger partial charge in [0.05, 0.1) is 13.3 Å². The quantitative estimate of drug-likeness (QED) is 0.906. The lowest BCUT2D eigenvalue weighted by molar-refractivity contribution is 0.411. The van der Waals surface area contributed by atoms with Crippen molar-refractivity contribution in [1.82, 2.24) is 15.0 Å². The first-order valence-electron chi connectivity index (χ1n) is 6.70. The molecule has 0 saturated heterocycles. The molecular formula is C15H20N4O. The summed E-state index contributed by atoms with van der Waals surface area (Å²) in [5, 5.41) is 3.37. The first-order chi connectivity index (χ1) is 9.61. The summed E-state index contributed by atoms with van der Waals surface area (Å²) in [4.78, 5) is 13.1. The number of rotatable bonds is 5. The van der Waals surface area contributed by atoms with Gasteiger partial charge in [-0.15, -0.1) is 0 Å². The SMILES string of the molecule is COc1cnc(-c2ccccn2)nc1NC(C)C(C)C. The summed E-state index contributed by atoms with van der Waals surface area (Å²) in [6, 6.07) is 5.96. The van der Waals surface area contributed by atoms with E-state index in [1.54, 1.807) is 19.5 Å². The lowest BCUT2D eigenvalue weighted by Gasteiger charge is -2.19. The van der Waals surface area contributed by atoms with Crippen molar-refractivity contribution in [3.05, 3.63) is 30.6 Å². The molecular weight excluding hydrogens is 252 g/mol. The maximum absolute atomic E-state index is 5.31. The average molecular weight is 272 g/mol. The standard InChI is InChI=1S/C15H20N4O/c1-10(2)11(3)18-15-13(20-4)9-17-14(19-15)12-7-5-6-8-16-12/h5-11H,1-4H3,(H,17,18,19). The fraction of sp³-hybridized carbons (Fsp3) is 0.400. The topological polar surface area (TPSA) is 59.9 Å². The van der Waals surface area contributed by atoms with Crippen molar-refractivity contribution < 1.29 is 4.74 Å². The number of hydrogen-bond donors (Lipinski definition) is 1. The maximum Gasteiger partial charge on any atom is 0.180 e. The van der Waals surface area contributed by atoms with Crippen LogP contribution in [-0.2, 0) is 0 Å². The zero-order valence-electron chi connectivity index (χ0n) is 12.3. The third kappa shape index (κ3) is 3.23. The molecule has 5 nitrogen and oxygen atoms in total. The molecule has 0 aliphatic carbocycles. The molecule has 2 rings (SSSR count). The predicted molar refractivity (Wildman–Crippen MR) is 79.7 cm³/mol. The van der Waals surface area contributed by atoms with Crippen molar-refractivity contribution >= 4 is 5.82 Å². The number of hydrogen-bond acceptors (Lipinski definition) is 5. The van der Waals surface area contributed by atoms with Crippen LogP contribution < -0.4 is 10.1 Å². The van der Waals surface area contributed by atoms with E-state index >= 15 is 0 Å². The van der Waals surface area contributed by atoms with Gasteiger partial charge in [-0.1, -0.05) is 19.9 Å². The highest BCUT2D eigenvalue weighted by atomic mass is 16.5. The molecule has 1 unspecified atom stereocenters. The smallest absolute Gasteiger partial charge is 0.180 e. The fourth-order valence-electron chi connectivity index (χ4n) is 1.62. The van der Waals surface area contributed by atoms with Gasteiger partial charge in [0.25, 0.3) is 0 Å². The molecule has 0 aliphatic heterocycles. The summed E-state index contributed by atoms with van der Waals surface area (Å²) >= 11 is 0. The van der Waals surface area contributed by atoms with Gasteiger partial charge in [0, 0.05) is 12.2 Å². The zero-order chi connectivity index (χ0) is 14.5. The van der Waals surface area contributed by atoms with Crippen LogP contribution in [0.15, 0.2) is 30.6 Å². The van der Waals surface area contributed by atoms with E-state index in [1.807, 2.05) is 18.2 Å². The molecule has 0 aromatic carbocycles. The van der Waals surface area contributed by atoms with Crippen molar-refractivity contribution in [3.63, 3.8) is 0 Å². The molecule has 20 heavy (non-hydrogen) atoms. The minimum atomic E-state index is 0.287. The molecule has 2 heterocycles. The van der Waals surface area contributed by atoms with Crippen LogP contribution in [0.25, 0.3) is 11.5 Å². The molecule has 0 spiro atoms. The average Bonchev–Trinajstić information content (AvgIpc) is 2.48. The fourth-order valence-corrected chi connectivity index (χ4v) is 1.62. The minimum Gasteiger partial charge on any atom is -0.491 e. The van der Waals surface area contributed by atoms with E-state index in [-0.39, 0.29) is 6.04 Å². The van der Waals surface area contributed by atoms with Gasteiger partial charge in [0.15, 0.2) is 17.4 Å². The molecule has 106 valence electrons. The Bertz CT molecular complexity index is 557. The molecule has 0 radical (unpaired) electrons. The van der Waals surface area contributed by atoms with Gasteiger partial charge in [-0.25, -0.2) is 9.97 Å². The van der Waals surface area contributed by atoms with Crippen LogP contribution in [0.1, 0.15) is 20.8 Å². The molecule has 0 aliphatic rings. The number of aromatic nitrogens is 3.